The molecule has 2 aromatic heterocycles. The summed E-state index contributed by atoms with van der Waals surface area (Å²) < 4.78 is 10.2. The first-order valence-electron chi connectivity index (χ1n) is 4.81. The Balaban J connectivity index is 0.00000144. The molecule has 2 heterocycles. The molecule has 0 unspecified atom stereocenters. The van der Waals surface area contributed by atoms with Gasteiger partial charge in [0.25, 0.3) is 0 Å². The number of rotatable bonds is 5. The molecule has 17 heavy (non-hydrogen) atoms. The summed E-state index contributed by atoms with van der Waals surface area (Å²) in [6.07, 6.45) is 1.60. The number of nitrogens with one attached hydrogen (secondary N) is 1. The van der Waals surface area contributed by atoms with Crippen LogP contribution in [0.4, 0.5) is 0 Å². The predicted molar refractivity (Wildman–Crippen MR) is 62.2 cm³/mol. The maximum absolute atomic E-state index is 10.5. The molecule has 0 fully saturated rings. The number of carboxylic acid groups (broad SMARTS) is 1. The van der Waals surface area contributed by atoms with Gasteiger partial charge in [0.2, 0.25) is 5.76 Å². The highest BCUT2D eigenvalue weighted by molar-refractivity contribution is 5.85. The number of carbonyl (C=O) groups is 1. The number of halogens is 1. The van der Waals surface area contributed by atoms with Gasteiger partial charge in [-0.15, -0.1) is 12.4 Å². The normalized spacial score (nSPS) is 9.88. The average Bonchev–Trinajstić information content (AvgIpc) is 2.87. The van der Waals surface area contributed by atoms with E-state index in [1.54, 1.807) is 12.3 Å². The molecule has 0 aliphatic rings. The van der Waals surface area contributed by atoms with Gasteiger partial charge in [-0.05, 0) is 24.3 Å². The molecule has 0 radical (unpaired) electrons. The lowest BCUT2D eigenvalue weighted by Crippen LogP contribution is -2.11. The average molecular weight is 258 g/mol. The minimum Gasteiger partial charge on any atom is -0.475 e. The lowest BCUT2D eigenvalue weighted by Gasteiger charge is -1.99. The van der Waals surface area contributed by atoms with Crippen molar-refractivity contribution in [3.05, 3.63) is 47.8 Å². The van der Waals surface area contributed by atoms with Gasteiger partial charge in [-0.25, -0.2) is 4.79 Å². The molecular weight excluding hydrogens is 246 g/mol. The highest BCUT2D eigenvalue weighted by Gasteiger charge is 2.08. The maximum Gasteiger partial charge on any atom is 0.371 e. The summed E-state index contributed by atoms with van der Waals surface area (Å²) in [7, 11) is 0. The zero-order valence-electron chi connectivity index (χ0n) is 8.88. The maximum atomic E-state index is 10.5. The second-order valence-corrected chi connectivity index (χ2v) is 3.25. The quantitative estimate of drug-likeness (QED) is 0.859. The third kappa shape index (κ3) is 3.65. The molecule has 2 N–H and O–H groups in total. The molecule has 2 rings (SSSR count). The molecule has 0 saturated heterocycles. The highest BCUT2D eigenvalue weighted by Crippen LogP contribution is 2.08. The number of aromatic carboxylic acids is 1. The van der Waals surface area contributed by atoms with Crippen LogP contribution in [0.15, 0.2) is 39.4 Å². The Kier molecular flexibility index (Phi) is 4.81. The van der Waals surface area contributed by atoms with Crippen LogP contribution in [0.5, 0.6) is 0 Å². The van der Waals surface area contributed by atoms with E-state index in [2.05, 4.69) is 5.32 Å². The number of hydrogen-bond acceptors (Lipinski definition) is 4. The Hall–Kier alpha value is -1.72. The zero-order valence-corrected chi connectivity index (χ0v) is 9.70. The first kappa shape index (κ1) is 13.3. The number of furan rings is 2. The largest absolute Gasteiger partial charge is 0.475 e. The first-order valence-corrected chi connectivity index (χ1v) is 4.81. The Morgan fingerprint density at radius 2 is 2.00 bits per heavy atom. The van der Waals surface area contributed by atoms with Crippen LogP contribution in [0, 0.1) is 0 Å². The van der Waals surface area contributed by atoms with Gasteiger partial charge in [-0.1, -0.05) is 0 Å². The monoisotopic (exact) mass is 257 g/mol. The van der Waals surface area contributed by atoms with Crippen molar-refractivity contribution in [3.8, 4) is 0 Å². The SMILES string of the molecule is Cl.O=C(O)c1ccc(CNCc2ccco2)o1. The van der Waals surface area contributed by atoms with Crippen molar-refractivity contribution in [2.24, 2.45) is 0 Å². The van der Waals surface area contributed by atoms with Gasteiger partial charge in [-0.3, -0.25) is 0 Å². The topological polar surface area (TPSA) is 75.6 Å². The first-order chi connectivity index (χ1) is 7.75. The second kappa shape index (κ2) is 6.12. The van der Waals surface area contributed by atoms with Crippen LogP contribution in [0.2, 0.25) is 0 Å². The van der Waals surface area contributed by atoms with Gasteiger partial charge < -0.3 is 19.3 Å². The van der Waals surface area contributed by atoms with Crippen LogP contribution >= 0.6 is 12.4 Å². The molecule has 2 aromatic rings. The molecule has 0 aliphatic carbocycles. The van der Waals surface area contributed by atoms with Crippen LogP contribution in [-0.2, 0) is 13.1 Å². The minimum atomic E-state index is -1.06. The van der Waals surface area contributed by atoms with E-state index in [1.807, 2.05) is 12.1 Å². The zero-order chi connectivity index (χ0) is 11.4. The van der Waals surface area contributed by atoms with E-state index in [4.69, 9.17) is 13.9 Å². The predicted octanol–water partition coefficient (Wildman–Crippen LogP) is 2.28. The Morgan fingerprint density at radius 1 is 1.24 bits per heavy atom. The minimum absolute atomic E-state index is 0. The summed E-state index contributed by atoms with van der Waals surface area (Å²) in [5, 5.41) is 11.7. The molecule has 0 amide bonds. The van der Waals surface area contributed by atoms with E-state index in [-0.39, 0.29) is 18.2 Å². The molecule has 0 aliphatic heterocycles. The van der Waals surface area contributed by atoms with E-state index < -0.39 is 5.97 Å². The van der Waals surface area contributed by atoms with Gasteiger partial charge in [0.05, 0.1) is 19.4 Å². The summed E-state index contributed by atoms with van der Waals surface area (Å²) in [6.45, 7) is 1.05. The fraction of sp³-hybridized carbons (Fsp3) is 0.182. The van der Waals surface area contributed by atoms with Gasteiger partial charge in [-0.2, -0.15) is 0 Å². The van der Waals surface area contributed by atoms with Gasteiger partial charge in [0.15, 0.2) is 0 Å². The fourth-order valence-corrected chi connectivity index (χ4v) is 1.31. The van der Waals surface area contributed by atoms with E-state index in [9.17, 15) is 4.79 Å². The summed E-state index contributed by atoms with van der Waals surface area (Å²) >= 11 is 0. The molecule has 92 valence electrons. The molecule has 0 saturated carbocycles. The number of carboxylic acids is 1. The van der Waals surface area contributed by atoms with Crippen molar-refractivity contribution < 1.29 is 18.7 Å². The van der Waals surface area contributed by atoms with E-state index in [0.717, 1.165) is 5.76 Å². The molecular formula is C11H12ClNO4. The van der Waals surface area contributed by atoms with Gasteiger partial charge in [0, 0.05) is 0 Å². The summed E-state index contributed by atoms with van der Waals surface area (Å²) in [4.78, 5) is 10.5. The fourth-order valence-electron chi connectivity index (χ4n) is 1.31. The van der Waals surface area contributed by atoms with Crippen molar-refractivity contribution in [1.82, 2.24) is 5.32 Å². The summed E-state index contributed by atoms with van der Waals surface area (Å²) in [6, 6.07) is 6.75. The van der Waals surface area contributed by atoms with Crippen LogP contribution in [0.25, 0.3) is 0 Å². The van der Waals surface area contributed by atoms with Gasteiger partial charge in [0.1, 0.15) is 11.5 Å². The summed E-state index contributed by atoms with van der Waals surface area (Å²) in [5.41, 5.74) is 0. The molecule has 0 atom stereocenters. The van der Waals surface area contributed by atoms with Crippen molar-refractivity contribution in [2.45, 2.75) is 13.1 Å². The standard InChI is InChI=1S/C11H11NO4.ClH/c13-11(14)10-4-3-9(16-10)7-12-6-8-2-1-5-15-8;/h1-5,12H,6-7H2,(H,13,14);1H. The molecule has 0 bridgehead atoms. The van der Waals surface area contributed by atoms with Crippen LogP contribution in [-0.4, -0.2) is 11.1 Å². The van der Waals surface area contributed by atoms with Gasteiger partial charge >= 0.3 is 5.97 Å². The molecule has 0 aromatic carbocycles. The lowest BCUT2D eigenvalue weighted by atomic mass is 10.4. The van der Waals surface area contributed by atoms with E-state index >= 15 is 0 Å². The van der Waals surface area contributed by atoms with E-state index in [0.29, 0.717) is 18.8 Å². The molecule has 0 spiro atoms. The smallest absolute Gasteiger partial charge is 0.371 e. The lowest BCUT2D eigenvalue weighted by molar-refractivity contribution is 0.0660. The van der Waals surface area contributed by atoms with Crippen LogP contribution in [0.1, 0.15) is 22.1 Å². The van der Waals surface area contributed by atoms with Crippen molar-refractivity contribution in [3.63, 3.8) is 0 Å². The van der Waals surface area contributed by atoms with Crippen LogP contribution < -0.4 is 5.32 Å². The second-order valence-electron chi connectivity index (χ2n) is 3.25. The van der Waals surface area contributed by atoms with Crippen molar-refractivity contribution in [2.75, 3.05) is 0 Å². The highest BCUT2D eigenvalue weighted by atomic mass is 35.5. The van der Waals surface area contributed by atoms with Crippen molar-refractivity contribution >= 4 is 18.4 Å². The number of hydrogen-bond donors (Lipinski definition) is 2. The molecule has 6 heteroatoms. The third-order valence-electron chi connectivity index (χ3n) is 2.05. The third-order valence-corrected chi connectivity index (χ3v) is 2.05. The molecule has 5 nitrogen and oxygen atoms in total. The Bertz CT molecular complexity index is 464. The van der Waals surface area contributed by atoms with Crippen LogP contribution in [0.3, 0.4) is 0 Å². The summed E-state index contributed by atoms with van der Waals surface area (Å²) in [5.74, 6) is 0.307. The van der Waals surface area contributed by atoms with Crippen molar-refractivity contribution in [1.29, 1.82) is 0 Å². The van der Waals surface area contributed by atoms with E-state index in [1.165, 1.54) is 6.07 Å². The Morgan fingerprint density at radius 3 is 2.59 bits per heavy atom. The Labute approximate surface area is 104 Å².